The van der Waals surface area contributed by atoms with Crippen LogP contribution in [0.5, 0.6) is 0 Å². The van der Waals surface area contributed by atoms with Crippen LogP contribution in [0.1, 0.15) is 20.7 Å². The van der Waals surface area contributed by atoms with Gasteiger partial charge in [0.1, 0.15) is 0 Å². The molecule has 6 nitrogen and oxygen atoms in total. The van der Waals surface area contributed by atoms with Crippen molar-refractivity contribution < 1.29 is 14.7 Å². The van der Waals surface area contributed by atoms with Crippen molar-refractivity contribution in [2.24, 2.45) is 0 Å². The van der Waals surface area contributed by atoms with Crippen LogP contribution in [0, 0.1) is 0 Å². The number of carboxylic acid groups (broad SMARTS) is 1. The number of aromatic nitrogens is 2. The molecule has 0 aliphatic heterocycles. The number of carbonyl (C=O) groups is 2. The predicted molar refractivity (Wildman–Crippen MR) is 77.8 cm³/mol. The van der Waals surface area contributed by atoms with Crippen LogP contribution in [0.3, 0.4) is 0 Å². The van der Waals surface area contributed by atoms with Gasteiger partial charge >= 0.3 is 125 Å². The Bertz CT molecular complexity index is 844. The Balaban J connectivity index is 1.91. The van der Waals surface area contributed by atoms with Crippen LogP contribution in [0.2, 0.25) is 0 Å². The Morgan fingerprint density at radius 3 is 2.62 bits per heavy atom. The Morgan fingerprint density at radius 1 is 1.05 bits per heavy atom. The number of carboxylic acids is 1. The predicted octanol–water partition coefficient (Wildman–Crippen LogP) is 1.64. The summed E-state index contributed by atoms with van der Waals surface area (Å²) in [6.07, 6.45) is 0. The summed E-state index contributed by atoms with van der Waals surface area (Å²) >= 11 is -0.145. The fourth-order valence-electron chi connectivity index (χ4n) is 1.90. The van der Waals surface area contributed by atoms with E-state index >= 15 is 0 Å². The molecule has 2 aromatic carbocycles. The number of nitrogens with one attached hydrogen (secondary N) is 1. The molecule has 0 saturated heterocycles. The molecule has 0 atom stereocenters. The number of hydrogen-bond acceptors (Lipinski definition) is 4. The Hall–Kier alpha value is -2.50. The summed E-state index contributed by atoms with van der Waals surface area (Å²) in [6, 6.07) is 11.3. The molecule has 3 aromatic rings. The van der Waals surface area contributed by atoms with Gasteiger partial charge in [0.2, 0.25) is 0 Å². The van der Waals surface area contributed by atoms with Crippen molar-refractivity contribution in [3.63, 3.8) is 0 Å². The minimum atomic E-state index is -1.09. The molecule has 1 aromatic heterocycles. The molecule has 0 spiro atoms. The summed E-state index contributed by atoms with van der Waals surface area (Å²) < 4.78 is 8.42. The molecule has 0 bridgehead atoms. The van der Waals surface area contributed by atoms with Gasteiger partial charge in [-0.2, -0.15) is 0 Å². The second-order valence-electron chi connectivity index (χ2n) is 4.27. The first-order valence-corrected chi connectivity index (χ1v) is 7.54. The van der Waals surface area contributed by atoms with E-state index in [1.165, 1.54) is 6.07 Å². The molecule has 21 heavy (non-hydrogen) atoms. The number of hydrogen-bond donors (Lipinski definition) is 2. The van der Waals surface area contributed by atoms with Gasteiger partial charge in [0.25, 0.3) is 0 Å². The van der Waals surface area contributed by atoms with Gasteiger partial charge < -0.3 is 0 Å². The van der Waals surface area contributed by atoms with Gasteiger partial charge in [-0.1, -0.05) is 0 Å². The second kappa shape index (κ2) is 5.47. The van der Waals surface area contributed by atoms with E-state index in [2.05, 4.69) is 13.3 Å². The normalized spacial score (nSPS) is 10.5. The van der Waals surface area contributed by atoms with Gasteiger partial charge in [0.15, 0.2) is 0 Å². The molecule has 7 heteroatoms. The molecule has 0 unspecified atom stereocenters. The summed E-state index contributed by atoms with van der Waals surface area (Å²) in [5.74, 6) is -1.46. The monoisotopic (exact) mass is 347 g/mol. The van der Waals surface area contributed by atoms with Crippen molar-refractivity contribution in [2.45, 2.75) is 0 Å². The zero-order valence-corrected chi connectivity index (χ0v) is 12.3. The van der Waals surface area contributed by atoms with E-state index in [-0.39, 0.29) is 32.1 Å². The molecule has 2 N–H and O–H groups in total. The Kier molecular flexibility index (Phi) is 3.51. The zero-order chi connectivity index (χ0) is 14.8. The molecule has 3 rings (SSSR count). The molecule has 0 aliphatic rings. The van der Waals surface area contributed by atoms with Crippen LogP contribution < -0.4 is 5.32 Å². The molecule has 0 radical (unpaired) electrons. The molecule has 0 aliphatic carbocycles. The first kappa shape index (κ1) is 13.5. The SMILES string of the molecule is O=C(Nc1ccccc1C(=O)O)c1ccc2n[se]nc2c1. The number of nitrogens with zero attached hydrogens (tertiary/aromatic N) is 2. The van der Waals surface area contributed by atoms with E-state index in [4.69, 9.17) is 5.11 Å². The van der Waals surface area contributed by atoms with Crippen molar-refractivity contribution in [3.8, 4) is 0 Å². The van der Waals surface area contributed by atoms with E-state index in [0.29, 0.717) is 11.1 Å². The van der Waals surface area contributed by atoms with E-state index in [1.54, 1.807) is 36.4 Å². The van der Waals surface area contributed by atoms with Crippen LogP contribution >= 0.6 is 0 Å². The molecule has 1 amide bonds. The van der Waals surface area contributed by atoms with Gasteiger partial charge in [-0.3, -0.25) is 0 Å². The number of rotatable bonds is 3. The molecule has 1 heterocycles. The van der Waals surface area contributed by atoms with E-state index in [0.717, 1.165) is 5.52 Å². The van der Waals surface area contributed by atoms with Crippen molar-refractivity contribution in [1.29, 1.82) is 0 Å². The molecule has 0 fully saturated rings. The van der Waals surface area contributed by atoms with Crippen LogP contribution in [0.15, 0.2) is 42.5 Å². The van der Waals surface area contributed by atoms with Gasteiger partial charge in [0.05, 0.1) is 0 Å². The number of benzene rings is 2. The molecule has 0 saturated carbocycles. The van der Waals surface area contributed by atoms with Crippen LogP contribution in [0.4, 0.5) is 5.69 Å². The summed E-state index contributed by atoms with van der Waals surface area (Å²) in [7, 11) is 0. The van der Waals surface area contributed by atoms with Crippen molar-refractivity contribution in [1.82, 2.24) is 7.96 Å². The number of fused-ring (bicyclic) bond motifs is 1. The first-order chi connectivity index (χ1) is 10.1. The van der Waals surface area contributed by atoms with Crippen molar-refractivity contribution in [3.05, 3.63) is 53.6 Å². The number of para-hydroxylation sites is 1. The van der Waals surface area contributed by atoms with Crippen LogP contribution in [-0.4, -0.2) is 39.9 Å². The standard InChI is InChI=1S/C14H9N3O3Se/c18-13(8-5-6-11-12(7-8)17-21-16-11)15-10-4-2-1-3-9(10)14(19)20/h1-7H,(H,15,18)(H,19,20). The molecular formula is C14H9N3O3Se. The zero-order valence-electron chi connectivity index (χ0n) is 10.6. The van der Waals surface area contributed by atoms with E-state index in [1.807, 2.05) is 0 Å². The number of anilines is 1. The first-order valence-electron chi connectivity index (χ1n) is 6.01. The number of amides is 1. The molecular weight excluding hydrogens is 337 g/mol. The fraction of sp³-hybridized carbons (Fsp3) is 0. The van der Waals surface area contributed by atoms with Gasteiger partial charge in [-0.25, -0.2) is 0 Å². The van der Waals surface area contributed by atoms with E-state index in [9.17, 15) is 9.59 Å². The topological polar surface area (TPSA) is 92.2 Å². The van der Waals surface area contributed by atoms with Crippen molar-refractivity contribution >= 4 is 43.6 Å². The Morgan fingerprint density at radius 2 is 1.81 bits per heavy atom. The summed E-state index contributed by atoms with van der Waals surface area (Å²) in [5, 5.41) is 11.7. The minimum absolute atomic E-state index is 0.0510. The average Bonchev–Trinajstić information content (AvgIpc) is 2.94. The molecule has 104 valence electrons. The quantitative estimate of drug-likeness (QED) is 0.704. The summed E-state index contributed by atoms with van der Waals surface area (Å²) in [5.41, 5.74) is 2.23. The van der Waals surface area contributed by atoms with Gasteiger partial charge in [-0.05, 0) is 0 Å². The van der Waals surface area contributed by atoms with E-state index < -0.39 is 5.97 Å². The summed E-state index contributed by atoms with van der Waals surface area (Å²) in [6.45, 7) is 0. The Labute approximate surface area is 125 Å². The summed E-state index contributed by atoms with van der Waals surface area (Å²) in [4.78, 5) is 23.3. The maximum absolute atomic E-state index is 12.2. The maximum atomic E-state index is 12.2. The fourth-order valence-corrected chi connectivity index (χ4v) is 2.98. The third kappa shape index (κ3) is 2.69. The third-order valence-electron chi connectivity index (χ3n) is 2.92. The van der Waals surface area contributed by atoms with Gasteiger partial charge in [0, 0.05) is 0 Å². The van der Waals surface area contributed by atoms with Crippen LogP contribution in [-0.2, 0) is 0 Å². The van der Waals surface area contributed by atoms with Gasteiger partial charge in [-0.15, -0.1) is 0 Å². The second-order valence-corrected chi connectivity index (χ2v) is 5.38. The number of carbonyl (C=O) groups excluding carboxylic acids is 1. The third-order valence-corrected chi connectivity index (χ3v) is 4.09. The average molecular weight is 346 g/mol. The van der Waals surface area contributed by atoms with Crippen LogP contribution in [0.25, 0.3) is 11.0 Å². The van der Waals surface area contributed by atoms with Crippen molar-refractivity contribution in [2.75, 3.05) is 5.32 Å². The number of aromatic carboxylic acids is 1.